The van der Waals surface area contributed by atoms with Crippen LogP contribution in [-0.4, -0.2) is 40.6 Å². The number of hydrogen-bond acceptors (Lipinski definition) is 6. The molecule has 29 heavy (non-hydrogen) atoms. The number of amides is 1. The SMILES string of the molecule is O=C(CNS(=O)(=O)c1cccc(C(F)(F)F)c1)Nc1cccnc1-n1cncn1. The summed E-state index contributed by atoms with van der Waals surface area (Å²) in [4.78, 5) is 19.4. The van der Waals surface area contributed by atoms with E-state index in [1.54, 1.807) is 6.07 Å². The average molecular weight is 426 g/mol. The van der Waals surface area contributed by atoms with Crippen molar-refractivity contribution in [1.82, 2.24) is 24.5 Å². The van der Waals surface area contributed by atoms with Crippen LogP contribution in [0.5, 0.6) is 0 Å². The summed E-state index contributed by atoms with van der Waals surface area (Å²) in [7, 11) is -4.34. The monoisotopic (exact) mass is 426 g/mol. The lowest BCUT2D eigenvalue weighted by Gasteiger charge is -2.11. The van der Waals surface area contributed by atoms with Gasteiger partial charge in [-0.2, -0.15) is 18.3 Å². The van der Waals surface area contributed by atoms with Crippen molar-refractivity contribution in [3.8, 4) is 5.82 Å². The zero-order valence-electron chi connectivity index (χ0n) is 14.5. The molecule has 1 aromatic carbocycles. The molecule has 0 bridgehead atoms. The molecule has 2 aromatic heterocycles. The van der Waals surface area contributed by atoms with Crippen molar-refractivity contribution in [1.29, 1.82) is 0 Å². The van der Waals surface area contributed by atoms with Crippen LogP contribution in [0, 0.1) is 0 Å². The van der Waals surface area contributed by atoms with Crippen molar-refractivity contribution >= 4 is 21.6 Å². The molecule has 152 valence electrons. The lowest BCUT2D eigenvalue weighted by atomic mass is 10.2. The number of anilines is 1. The first kappa shape index (κ1) is 20.4. The van der Waals surface area contributed by atoms with Crippen LogP contribution in [0.4, 0.5) is 18.9 Å². The second-order valence-corrected chi connectivity index (χ2v) is 7.38. The van der Waals surface area contributed by atoms with E-state index in [4.69, 9.17) is 0 Å². The van der Waals surface area contributed by atoms with Gasteiger partial charge in [0.1, 0.15) is 12.7 Å². The first-order valence-electron chi connectivity index (χ1n) is 7.93. The number of pyridine rings is 1. The molecule has 0 aliphatic rings. The van der Waals surface area contributed by atoms with E-state index < -0.39 is 39.1 Å². The summed E-state index contributed by atoms with van der Waals surface area (Å²) in [5.41, 5.74) is -0.876. The van der Waals surface area contributed by atoms with Crippen LogP contribution >= 0.6 is 0 Å². The molecule has 9 nitrogen and oxygen atoms in total. The third-order valence-corrected chi connectivity index (χ3v) is 4.99. The number of carbonyl (C=O) groups is 1. The zero-order valence-corrected chi connectivity index (χ0v) is 15.3. The summed E-state index contributed by atoms with van der Waals surface area (Å²) in [6.45, 7) is -0.704. The Balaban J connectivity index is 1.70. The van der Waals surface area contributed by atoms with Crippen molar-refractivity contribution in [2.24, 2.45) is 0 Å². The molecule has 0 saturated carbocycles. The first-order valence-corrected chi connectivity index (χ1v) is 9.42. The molecule has 0 fully saturated rings. The van der Waals surface area contributed by atoms with E-state index in [0.29, 0.717) is 6.07 Å². The highest BCUT2D eigenvalue weighted by Gasteiger charge is 2.31. The lowest BCUT2D eigenvalue weighted by molar-refractivity contribution is -0.137. The van der Waals surface area contributed by atoms with Gasteiger partial charge in [-0.25, -0.2) is 27.8 Å². The van der Waals surface area contributed by atoms with Crippen molar-refractivity contribution in [3.05, 3.63) is 60.8 Å². The normalized spacial score (nSPS) is 12.0. The molecule has 1 amide bonds. The van der Waals surface area contributed by atoms with Gasteiger partial charge < -0.3 is 5.32 Å². The molecular formula is C16H13F3N6O3S. The molecule has 0 unspecified atom stereocenters. The minimum atomic E-state index is -4.69. The summed E-state index contributed by atoms with van der Waals surface area (Å²) in [6.07, 6.45) is -0.609. The number of benzene rings is 1. The number of nitrogens with zero attached hydrogens (tertiary/aromatic N) is 4. The van der Waals surface area contributed by atoms with Gasteiger partial charge in [0.2, 0.25) is 15.9 Å². The van der Waals surface area contributed by atoms with Crippen molar-refractivity contribution < 1.29 is 26.4 Å². The average Bonchev–Trinajstić information content (AvgIpc) is 3.21. The Morgan fingerprint density at radius 1 is 1.17 bits per heavy atom. The topological polar surface area (TPSA) is 119 Å². The summed E-state index contributed by atoms with van der Waals surface area (Å²) < 4.78 is 66.0. The van der Waals surface area contributed by atoms with Crippen LogP contribution in [0.15, 0.2) is 60.1 Å². The van der Waals surface area contributed by atoms with Crippen molar-refractivity contribution in [2.45, 2.75) is 11.1 Å². The van der Waals surface area contributed by atoms with Gasteiger partial charge in [0, 0.05) is 6.20 Å². The predicted octanol–water partition coefficient (Wildman–Crippen LogP) is 1.60. The standard InChI is InChI=1S/C16H13F3N6O3S/c17-16(18,19)11-3-1-4-12(7-11)29(27,28)23-8-14(26)24-13-5-2-6-21-15(13)25-10-20-9-22-25/h1-7,9-10,23H,8H2,(H,24,26). The highest BCUT2D eigenvalue weighted by molar-refractivity contribution is 7.89. The molecule has 13 heteroatoms. The van der Waals surface area contributed by atoms with Gasteiger partial charge in [0.25, 0.3) is 0 Å². The Hall–Kier alpha value is -3.32. The maximum Gasteiger partial charge on any atom is 0.416 e. The Labute approximate surface area is 162 Å². The third-order valence-electron chi connectivity index (χ3n) is 3.59. The first-order chi connectivity index (χ1) is 13.7. The van der Waals surface area contributed by atoms with Crippen molar-refractivity contribution in [2.75, 3.05) is 11.9 Å². The van der Waals surface area contributed by atoms with Crippen LogP contribution in [0.2, 0.25) is 0 Å². The highest BCUT2D eigenvalue weighted by Crippen LogP contribution is 2.30. The predicted molar refractivity (Wildman–Crippen MR) is 94.4 cm³/mol. The Morgan fingerprint density at radius 3 is 2.66 bits per heavy atom. The van der Waals surface area contributed by atoms with Crippen molar-refractivity contribution in [3.63, 3.8) is 0 Å². The molecule has 3 aromatic rings. The number of carbonyl (C=O) groups excluding carboxylic acids is 1. The van der Waals surface area contributed by atoms with Crippen LogP contribution in [0.25, 0.3) is 5.82 Å². The minimum absolute atomic E-state index is 0.237. The van der Waals surface area contributed by atoms with Gasteiger partial charge >= 0.3 is 6.18 Å². The molecular weight excluding hydrogens is 413 g/mol. The quantitative estimate of drug-likeness (QED) is 0.618. The second kappa shape index (κ2) is 7.97. The molecule has 0 saturated heterocycles. The van der Waals surface area contributed by atoms with Crippen LogP contribution in [0.1, 0.15) is 5.56 Å². The lowest BCUT2D eigenvalue weighted by Crippen LogP contribution is -2.33. The molecule has 0 aliphatic carbocycles. The van der Waals surface area contributed by atoms with Crippen LogP contribution in [-0.2, 0) is 21.0 Å². The van der Waals surface area contributed by atoms with Gasteiger partial charge in [-0.1, -0.05) is 6.07 Å². The highest BCUT2D eigenvalue weighted by atomic mass is 32.2. The van der Waals surface area contributed by atoms with Gasteiger partial charge in [-0.05, 0) is 30.3 Å². The molecule has 0 spiro atoms. The number of nitrogens with one attached hydrogen (secondary N) is 2. The van der Waals surface area contributed by atoms with E-state index in [-0.39, 0.29) is 11.5 Å². The van der Waals surface area contributed by atoms with Crippen LogP contribution < -0.4 is 10.0 Å². The number of alkyl halides is 3. The van der Waals surface area contributed by atoms with Gasteiger partial charge in [0.15, 0.2) is 5.82 Å². The Bertz CT molecular complexity index is 1120. The molecule has 0 atom stereocenters. The van der Waals surface area contributed by atoms with E-state index in [2.05, 4.69) is 20.4 Å². The fourth-order valence-electron chi connectivity index (χ4n) is 2.27. The molecule has 0 aliphatic heterocycles. The number of halogens is 3. The zero-order chi connectivity index (χ0) is 21.1. The number of rotatable bonds is 6. The number of aromatic nitrogens is 4. The molecule has 0 radical (unpaired) electrons. The molecule has 3 rings (SSSR count). The van der Waals surface area contributed by atoms with E-state index in [1.165, 1.54) is 29.6 Å². The van der Waals surface area contributed by atoms with Gasteiger partial charge in [0.05, 0.1) is 22.7 Å². The third kappa shape index (κ3) is 4.94. The summed E-state index contributed by atoms with van der Waals surface area (Å²) >= 11 is 0. The summed E-state index contributed by atoms with van der Waals surface area (Å²) in [6, 6.07) is 6.27. The molecule has 2 heterocycles. The van der Waals surface area contributed by atoms with E-state index in [1.807, 2.05) is 4.72 Å². The summed E-state index contributed by atoms with van der Waals surface area (Å²) in [5, 5.41) is 6.36. The maximum absolute atomic E-state index is 12.8. The largest absolute Gasteiger partial charge is 0.416 e. The maximum atomic E-state index is 12.8. The minimum Gasteiger partial charge on any atom is -0.322 e. The Kier molecular flexibility index (Phi) is 5.61. The fraction of sp³-hybridized carbons (Fsp3) is 0.125. The Morgan fingerprint density at radius 2 is 1.97 bits per heavy atom. The smallest absolute Gasteiger partial charge is 0.322 e. The summed E-state index contributed by atoms with van der Waals surface area (Å²) in [5.74, 6) is -0.506. The fourth-order valence-corrected chi connectivity index (χ4v) is 3.30. The van der Waals surface area contributed by atoms with E-state index >= 15 is 0 Å². The van der Waals surface area contributed by atoms with Gasteiger partial charge in [-0.3, -0.25) is 4.79 Å². The second-order valence-electron chi connectivity index (χ2n) is 5.61. The van der Waals surface area contributed by atoms with Gasteiger partial charge in [-0.15, -0.1) is 0 Å². The van der Waals surface area contributed by atoms with E-state index in [9.17, 15) is 26.4 Å². The number of sulfonamides is 1. The molecule has 2 N–H and O–H groups in total. The van der Waals surface area contributed by atoms with E-state index in [0.717, 1.165) is 18.2 Å². The van der Waals surface area contributed by atoms with Crippen LogP contribution in [0.3, 0.4) is 0 Å². The number of hydrogen-bond donors (Lipinski definition) is 2.